The lowest BCUT2D eigenvalue weighted by Gasteiger charge is -2.57. The van der Waals surface area contributed by atoms with Crippen LogP contribution in [0.4, 0.5) is 0 Å². The Morgan fingerprint density at radius 1 is 0.514 bits per heavy atom. The summed E-state index contributed by atoms with van der Waals surface area (Å²) in [5.74, 6) is 2.78. The second kappa shape index (κ2) is 8.49. The van der Waals surface area contributed by atoms with Gasteiger partial charge in [0.25, 0.3) is 0 Å². The fourth-order valence-electron chi connectivity index (χ4n) is 8.06. The van der Waals surface area contributed by atoms with Crippen LogP contribution in [-0.2, 0) is 5.41 Å². The van der Waals surface area contributed by atoms with E-state index in [9.17, 15) is 0 Å². The summed E-state index contributed by atoms with van der Waals surface area (Å²) in [6.45, 7) is 0. The van der Waals surface area contributed by atoms with E-state index in [1.165, 1.54) is 71.9 Å². The van der Waals surface area contributed by atoms with Gasteiger partial charge in [-0.05, 0) is 125 Å². The van der Waals surface area contributed by atoms with Crippen LogP contribution in [0.15, 0.2) is 102 Å². The van der Waals surface area contributed by atoms with E-state index in [4.69, 9.17) is 0 Å². The molecule has 0 N–H and O–H groups in total. The van der Waals surface area contributed by atoms with Crippen LogP contribution in [0, 0.1) is 17.8 Å². The molecule has 0 aliphatic heterocycles. The maximum absolute atomic E-state index is 3.63. The average molecular weight is 520 g/mol. The molecule has 35 heavy (non-hydrogen) atoms. The first-order valence-corrected chi connectivity index (χ1v) is 14.0. The number of hydrogen-bond donors (Lipinski definition) is 0. The maximum Gasteiger partial charge on any atom is 0.0175 e. The van der Waals surface area contributed by atoms with Crippen molar-refractivity contribution >= 4 is 15.9 Å². The molecule has 0 heterocycles. The Labute approximate surface area is 217 Å². The van der Waals surface area contributed by atoms with Gasteiger partial charge in [-0.15, -0.1) is 0 Å². The number of rotatable bonds is 4. The normalized spacial score (nSPS) is 26.7. The van der Waals surface area contributed by atoms with Gasteiger partial charge in [-0.3, -0.25) is 0 Å². The molecule has 4 saturated carbocycles. The summed E-state index contributed by atoms with van der Waals surface area (Å²) in [4.78, 5) is 0. The summed E-state index contributed by atoms with van der Waals surface area (Å²) in [6.07, 6.45) is 8.56. The molecule has 0 aromatic heterocycles. The lowest BCUT2D eigenvalue weighted by molar-refractivity contribution is -0.00490. The molecule has 4 bridgehead atoms. The fourth-order valence-corrected chi connectivity index (χ4v) is 8.32. The maximum atomic E-state index is 3.63. The SMILES string of the molecule is Brc1ccc(-c2cc(-c3ccccc3)c(C34CC5CC(CC(C5)C3)C4)cc2-c2ccccc2)cc1. The Kier molecular flexibility index (Phi) is 5.24. The zero-order valence-corrected chi connectivity index (χ0v) is 21.7. The van der Waals surface area contributed by atoms with Crippen LogP contribution in [0.5, 0.6) is 0 Å². The van der Waals surface area contributed by atoms with Crippen molar-refractivity contribution in [3.8, 4) is 33.4 Å². The summed E-state index contributed by atoms with van der Waals surface area (Å²) < 4.78 is 1.12. The van der Waals surface area contributed by atoms with Gasteiger partial charge in [-0.25, -0.2) is 0 Å². The highest BCUT2D eigenvalue weighted by Gasteiger charge is 2.52. The predicted octanol–water partition coefficient (Wildman–Crippen LogP) is 9.92. The summed E-state index contributed by atoms with van der Waals surface area (Å²) in [6, 6.07) is 36.2. The third-order valence-corrected chi connectivity index (χ3v) is 9.62. The molecule has 0 spiro atoms. The molecule has 4 aromatic rings. The molecular formula is C34H31Br. The van der Waals surface area contributed by atoms with Crippen molar-refractivity contribution in [3.63, 3.8) is 0 Å². The van der Waals surface area contributed by atoms with E-state index >= 15 is 0 Å². The highest BCUT2D eigenvalue weighted by atomic mass is 79.9. The van der Waals surface area contributed by atoms with Crippen molar-refractivity contribution < 1.29 is 0 Å². The molecular weight excluding hydrogens is 488 g/mol. The van der Waals surface area contributed by atoms with Crippen molar-refractivity contribution in [3.05, 3.63) is 107 Å². The van der Waals surface area contributed by atoms with Gasteiger partial charge in [-0.2, -0.15) is 0 Å². The van der Waals surface area contributed by atoms with E-state index < -0.39 is 0 Å². The number of halogens is 1. The van der Waals surface area contributed by atoms with E-state index in [1.807, 2.05) is 0 Å². The van der Waals surface area contributed by atoms with Crippen molar-refractivity contribution in [2.45, 2.75) is 43.9 Å². The summed E-state index contributed by atoms with van der Waals surface area (Å²) in [5, 5.41) is 0. The zero-order chi connectivity index (χ0) is 23.4. The van der Waals surface area contributed by atoms with E-state index in [-0.39, 0.29) is 0 Å². The van der Waals surface area contributed by atoms with Crippen molar-refractivity contribution in [1.29, 1.82) is 0 Å². The molecule has 8 rings (SSSR count). The van der Waals surface area contributed by atoms with Crippen LogP contribution in [0.3, 0.4) is 0 Å². The van der Waals surface area contributed by atoms with Crippen LogP contribution >= 0.6 is 15.9 Å². The van der Waals surface area contributed by atoms with E-state index in [1.54, 1.807) is 5.56 Å². The molecule has 0 atom stereocenters. The summed E-state index contributed by atoms with van der Waals surface area (Å²) >= 11 is 3.63. The smallest absolute Gasteiger partial charge is 0.0175 e. The largest absolute Gasteiger partial charge is 0.0622 e. The molecule has 174 valence electrons. The van der Waals surface area contributed by atoms with E-state index in [0.29, 0.717) is 5.41 Å². The minimum atomic E-state index is 0.335. The third kappa shape index (κ3) is 3.80. The Balaban J connectivity index is 1.50. The van der Waals surface area contributed by atoms with Gasteiger partial charge in [0.15, 0.2) is 0 Å². The molecule has 1 heteroatoms. The summed E-state index contributed by atoms with van der Waals surface area (Å²) in [5.41, 5.74) is 10.1. The fraction of sp³-hybridized carbons (Fsp3) is 0.294. The molecule has 4 aliphatic rings. The Bertz CT molecular complexity index is 1320. The van der Waals surface area contributed by atoms with Gasteiger partial charge in [0.1, 0.15) is 0 Å². The van der Waals surface area contributed by atoms with Crippen LogP contribution in [0.2, 0.25) is 0 Å². The quantitative estimate of drug-likeness (QED) is 0.252. The lowest BCUT2D eigenvalue weighted by atomic mass is 9.47. The highest BCUT2D eigenvalue weighted by molar-refractivity contribution is 9.10. The van der Waals surface area contributed by atoms with Crippen molar-refractivity contribution in [2.24, 2.45) is 17.8 Å². The molecule has 0 nitrogen and oxygen atoms in total. The van der Waals surface area contributed by atoms with E-state index in [0.717, 1.165) is 22.2 Å². The Hall–Kier alpha value is -2.64. The second-order valence-electron chi connectivity index (χ2n) is 11.4. The van der Waals surface area contributed by atoms with E-state index in [2.05, 4.69) is 113 Å². The van der Waals surface area contributed by atoms with Gasteiger partial charge in [-0.1, -0.05) is 88.7 Å². The first kappa shape index (κ1) is 21.6. The third-order valence-electron chi connectivity index (χ3n) is 9.09. The predicted molar refractivity (Wildman–Crippen MR) is 150 cm³/mol. The lowest BCUT2D eigenvalue weighted by Crippen LogP contribution is -2.48. The average Bonchev–Trinajstić information content (AvgIpc) is 2.89. The molecule has 0 saturated heterocycles. The van der Waals surface area contributed by atoms with Gasteiger partial charge in [0.2, 0.25) is 0 Å². The second-order valence-corrected chi connectivity index (χ2v) is 12.3. The van der Waals surface area contributed by atoms with Crippen LogP contribution in [-0.4, -0.2) is 0 Å². The first-order chi connectivity index (χ1) is 17.2. The summed E-state index contributed by atoms with van der Waals surface area (Å²) in [7, 11) is 0. The van der Waals surface area contributed by atoms with Gasteiger partial charge < -0.3 is 0 Å². The Morgan fingerprint density at radius 3 is 1.51 bits per heavy atom. The van der Waals surface area contributed by atoms with Gasteiger partial charge in [0.05, 0.1) is 0 Å². The van der Waals surface area contributed by atoms with Crippen LogP contribution < -0.4 is 0 Å². The van der Waals surface area contributed by atoms with Crippen LogP contribution in [0.25, 0.3) is 33.4 Å². The molecule has 0 amide bonds. The minimum Gasteiger partial charge on any atom is -0.0622 e. The Morgan fingerprint density at radius 2 is 0.971 bits per heavy atom. The standard InChI is InChI=1S/C34H31Br/c35-29-13-11-28(12-14-29)30-18-32(27-9-5-2-6-10-27)33(19-31(30)26-7-3-1-4-8-26)34-20-23-15-24(21-34)17-25(16-23)22-34/h1-14,18-19,23-25H,15-17,20-22H2. The van der Waals surface area contributed by atoms with Crippen LogP contribution in [0.1, 0.15) is 44.1 Å². The minimum absolute atomic E-state index is 0.335. The molecule has 4 aromatic carbocycles. The zero-order valence-electron chi connectivity index (χ0n) is 20.1. The topological polar surface area (TPSA) is 0 Å². The first-order valence-electron chi connectivity index (χ1n) is 13.2. The molecule has 4 aliphatic carbocycles. The number of hydrogen-bond acceptors (Lipinski definition) is 0. The van der Waals surface area contributed by atoms with Gasteiger partial charge in [0, 0.05) is 4.47 Å². The molecule has 0 radical (unpaired) electrons. The van der Waals surface area contributed by atoms with Crippen molar-refractivity contribution in [1.82, 2.24) is 0 Å². The highest BCUT2D eigenvalue weighted by Crippen LogP contribution is 2.62. The van der Waals surface area contributed by atoms with Gasteiger partial charge >= 0.3 is 0 Å². The molecule has 0 unspecified atom stereocenters. The monoisotopic (exact) mass is 518 g/mol. The molecule has 4 fully saturated rings. The number of benzene rings is 4. The van der Waals surface area contributed by atoms with Crippen molar-refractivity contribution in [2.75, 3.05) is 0 Å².